The quantitative estimate of drug-likeness (QED) is 0.105. The third-order valence-corrected chi connectivity index (χ3v) is 18.7. The zero-order valence-electron chi connectivity index (χ0n) is 45.8. The van der Waals surface area contributed by atoms with Gasteiger partial charge in [0.1, 0.15) is 36.6 Å². The number of carbonyl (C=O) groups is 1. The zero-order chi connectivity index (χ0) is 54.6. The molecule has 4 aliphatic rings. The summed E-state index contributed by atoms with van der Waals surface area (Å²) < 4.78 is 74.3. The molecule has 0 radical (unpaired) electrons. The molecule has 4 fully saturated rings. The molecule has 74 heavy (non-hydrogen) atoms. The fraction of sp³-hybridized carbons (Fsp3) is 0.764. The van der Waals surface area contributed by atoms with Gasteiger partial charge in [0.15, 0.2) is 16.1 Å². The van der Waals surface area contributed by atoms with Crippen LogP contribution in [0.15, 0.2) is 60.3 Å². The van der Waals surface area contributed by atoms with Crippen LogP contribution in [0.2, 0.25) is 0 Å². The SMILES string of the molecule is C=C[C@H]1CN(C)C(=C)[C@@H](O)[C@](C)(O)[C@@H](CC)OC(=O)[C@H](C)[C@@H](C2C[C@H](C)[C@@H](O)[C@H](C)O2)[C@H](C)[C@@H](O[C@H]2C[C@@H](N(C)CCc3cn([C@H](CF)[C@H](OC)c4ccc(S(=O)(=O)CC5CC5)cc4)nn3)C[C@@H](C)O2)[C@](C)(O)C1. The van der Waals surface area contributed by atoms with Gasteiger partial charge in [-0.2, -0.15) is 0 Å². The van der Waals surface area contributed by atoms with Crippen LogP contribution in [0.1, 0.15) is 124 Å². The number of benzene rings is 1. The van der Waals surface area contributed by atoms with Crippen LogP contribution in [0.5, 0.6) is 0 Å². The second-order valence-corrected chi connectivity index (χ2v) is 24.9. The number of ether oxygens (including phenoxy) is 5. The number of hydrogen-bond donors (Lipinski definition) is 4. The Morgan fingerprint density at radius 1 is 1.05 bits per heavy atom. The van der Waals surface area contributed by atoms with Crippen molar-refractivity contribution in [3.8, 4) is 0 Å². The number of aliphatic hydroxyl groups excluding tert-OH is 2. The van der Waals surface area contributed by atoms with Crippen molar-refractivity contribution in [3.63, 3.8) is 0 Å². The van der Waals surface area contributed by atoms with E-state index in [1.54, 1.807) is 69.3 Å². The number of carbonyl (C=O) groups excluding carboxylic acids is 1. The number of aromatic nitrogens is 3. The van der Waals surface area contributed by atoms with E-state index in [4.69, 9.17) is 23.7 Å². The highest BCUT2D eigenvalue weighted by Crippen LogP contribution is 2.44. The van der Waals surface area contributed by atoms with Crippen LogP contribution in [0.25, 0.3) is 0 Å². The first-order valence-electron chi connectivity index (χ1n) is 26.8. The molecule has 418 valence electrons. The van der Waals surface area contributed by atoms with Gasteiger partial charge in [-0.3, -0.25) is 4.79 Å². The van der Waals surface area contributed by atoms with Crippen molar-refractivity contribution in [2.45, 2.75) is 190 Å². The van der Waals surface area contributed by atoms with Crippen molar-refractivity contribution < 1.29 is 61.7 Å². The molecule has 3 saturated heterocycles. The van der Waals surface area contributed by atoms with Crippen molar-refractivity contribution >= 4 is 15.8 Å². The summed E-state index contributed by atoms with van der Waals surface area (Å²) in [7, 11) is 1.83. The van der Waals surface area contributed by atoms with Gasteiger partial charge in [0.05, 0.1) is 58.4 Å². The molecule has 1 aliphatic carbocycles. The van der Waals surface area contributed by atoms with E-state index < -0.39 is 106 Å². The van der Waals surface area contributed by atoms with E-state index in [2.05, 4.69) is 28.4 Å². The molecule has 0 amide bonds. The Hall–Kier alpha value is -3.37. The van der Waals surface area contributed by atoms with E-state index in [-0.39, 0.29) is 65.6 Å². The summed E-state index contributed by atoms with van der Waals surface area (Å²) in [6.07, 6.45) is 0.531. The molecule has 1 saturated carbocycles. The van der Waals surface area contributed by atoms with Gasteiger partial charge in [0, 0.05) is 63.9 Å². The number of aliphatic hydroxyl groups is 4. The smallest absolute Gasteiger partial charge is 0.309 e. The first kappa shape index (κ1) is 59.9. The first-order chi connectivity index (χ1) is 34.8. The molecule has 6 rings (SSSR count). The average Bonchev–Trinajstić information content (AvgIpc) is 4.04. The molecular weight excluding hydrogens is 974 g/mol. The number of sulfone groups is 1. The van der Waals surface area contributed by atoms with E-state index in [1.165, 1.54) is 18.7 Å². The second kappa shape index (κ2) is 25.0. The van der Waals surface area contributed by atoms with Crippen LogP contribution in [-0.2, 0) is 44.7 Å². The molecule has 1 aromatic heterocycles. The maximum Gasteiger partial charge on any atom is 0.309 e. The Balaban J connectivity index is 1.23. The lowest BCUT2D eigenvalue weighted by molar-refractivity contribution is -0.270. The first-order valence-corrected chi connectivity index (χ1v) is 28.4. The second-order valence-electron chi connectivity index (χ2n) is 22.8. The van der Waals surface area contributed by atoms with Gasteiger partial charge in [-0.1, -0.05) is 57.7 Å². The largest absolute Gasteiger partial charge is 0.459 e. The molecule has 17 nitrogen and oxygen atoms in total. The zero-order valence-corrected chi connectivity index (χ0v) is 46.6. The molecule has 19 heteroatoms. The number of likely N-dealkylation sites (N-methyl/N-ethyl adjacent to an activating group) is 2. The Kier molecular flexibility index (Phi) is 20.2. The number of cyclic esters (lactones) is 1. The van der Waals surface area contributed by atoms with Gasteiger partial charge in [-0.15, -0.1) is 11.7 Å². The number of halogens is 1. The number of rotatable bonds is 17. The average molecular weight is 1060 g/mol. The lowest BCUT2D eigenvalue weighted by Gasteiger charge is -2.49. The Labute approximate surface area is 439 Å². The van der Waals surface area contributed by atoms with E-state index in [9.17, 15) is 38.0 Å². The summed E-state index contributed by atoms with van der Waals surface area (Å²) >= 11 is 0. The number of esters is 1. The maximum absolute atomic E-state index is 14.9. The fourth-order valence-corrected chi connectivity index (χ4v) is 13.7. The van der Waals surface area contributed by atoms with Crippen molar-refractivity contribution in [2.24, 2.45) is 35.5 Å². The van der Waals surface area contributed by atoms with Gasteiger partial charge >= 0.3 is 5.97 Å². The van der Waals surface area contributed by atoms with Crippen molar-refractivity contribution in [1.82, 2.24) is 24.8 Å². The summed E-state index contributed by atoms with van der Waals surface area (Å²) in [6, 6.07) is 5.57. The minimum atomic E-state index is -3.41. The standard InChI is InChI=1S/C55H88FN5O12S/c1-14-38-27-54(9,65)52(34(5)48(45-24-32(3)49(62)37(8)71-45)35(6)53(64)72-46(15-2)55(10,66)51(63)36(7)60(12)29-38)73-47-26-42(25-33(4)70-47)59(11)23-22-41-30-61(58-57-41)44(28-56)50(69-13)40-18-20-43(21-19-40)74(67,68)31-39-16-17-39/h14,18-21,30,32-35,37-39,42,44-52,62-63,65-66H,1,7,15-17,22-29,31H2,2-6,8-13H3/t32-,33+,34-,35+,37-,38+,42-,44+,45?,46+,47-,48-,49+,50+,51+,52+,54+,55+/m0/s1. The molecule has 4 N–H and O–H groups in total. The van der Waals surface area contributed by atoms with Gasteiger partial charge in [-0.25, -0.2) is 17.5 Å². The minimum Gasteiger partial charge on any atom is -0.459 e. The molecule has 3 aliphatic heterocycles. The normalized spacial score (nSPS) is 37.2. The highest BCUT2D eigenvalue weighted by atomic mass is 32.2. The third kappa shape index (κ3) is 14.0. The molecule has 1 aromatic carbocycles. The fourth-order valence-electron chi connectivity index (χ4n) is 12.0. The third-order valence-electron chi connectivity index (χ3n) is 16.8. The summed E-state index contributed by atoms with van der Waals surface area (Å²) in [4.78, 5) is 18.7. The van der Waals surface area contributed by atoms with Crippen LogP contribution < -0.4 is 0 Å². The summed E-state index contributed by atoms with van der Waals surface area (Å²) in [5.74, 6) is -2.88. The molecule has 2 aromatic rings. The van der Waals surface area contributed by atoms with E-state index >= 15 is 0 Å². The predicted octanol–water partition coefficient (Wildman–Crippen LogP) is 6.01. The highest BCUT2D eigenvalue weighted by Gasteiger charge is 2.52. The summed E-state index contributed by atoms with van der Waals surface area (Å²) in [5.41, 5.74) is -2.00. The highest BCUT2D eigenvalue weighted by molar-refractivity contribution is 7.91. The molecule has 4 heterocycles. The molecule has 1 unspecified atom stereocenters. The molecule has 0 spiro atoms. The number of nitrogens with zero attached hydrogens (tertiary/aromatic N) is 5. The lowest BCUT2D eigenvalue weighted by atomic mass is 9.69. The van der Waals surface area contributed by atoms with Crippen LogP contribution in [0.4, 0.5) is 4.39 Å². The van der Waals surface area contributed by atoms with Gasteiger partial charge in [0.2, 0.25) is 0 Å². The van der Waals surface area contributed by atoms with E-state index in [1.807, 2.05) is 34.7 Å². The summed E-state index contributed by atoms with van der Waals surface area (Å²) in [5, 5.41) is 56.1. The van der Waals surface area contributed by atoms with Crippen molar-refractivity contribution in [1.29, 1.82) is 0 Å². The number of methoxy groups -OCH3 is 1. The van der Waals surface area contributed by atoms with Crippen LogP contribution in [0, 0.1) is 35.5 Å². The predicted molar refractivity (Wildman–Crippen MR) is 278 cm³/mol. The van der Waals surface area contributed by atoms with Crippen LogP contribution >= 0.6 is 0 Å². The lowest BCUT2D eigenvalue weighted by Crippen LogP contribution is -2.57. The van der Waals surface area contributed by atoms with Gasteiger partial charge in [-0.05, 0) is 115 Å². The molecular formula is C55H88FN5O12S. The topological polar surface area (TPSA) is 215 Å². The molecule has 18 atom stereocenters. The van der Waals surface area contributed by atoms with Crippen LogP contribution in [0.3, 0.4) is 0 Å². The molecule has 0 bridgehead atoms. The van der Waals surface area contributed by atoms with E-state index in [0.29, 0.717) is 43.5 Å². The van der Waals surface area contributed by atoms with E-state index in [0.717, 1.165) is 12.8 Å². The van der Waals surface area contributed by atoms with Crippen LogP contribution in [-0.4, -0.2) is 173 Å². The van der Waals surface area contributed by atoms with Crippen molar-refractivity contribution in [2.75, 3.05) is 46.7 Å². The maximum atomic E-state index is 14.9. The number of hydrogen-bond acceptors (Lipinski definition) is 16. The van der Waals surface area contributed by atoms with Gasteiger partial charge in [0.25, 0.3) is 0 Å². The minimum absolute atomic E-state index is 0.0332. The monoisotopic (exact) mass is 1060 g/mol. The van der Waals surface area contributed by atoms with Crippen molar-refractivity contribution in [3.05, 3.63) is 66.7 Å². The Morgan fingerprint density at radius 2 is 1.73 bits per heavy atom. The number of alkyl halides is 1. The Morgan fingerprint density at radius 3 is 2.32 bits per heavy atom. The summed E-state index contributed by atoms with van der Waals surface area (Å²) in [6.45, 7) is 22.7. The Bertz CT molecular complexity index is 2270. The van der Waals surface area contributed by atoms with Gasteiger partial charge < -0.3 is 53.9 Å².